The molecule has 2 rings (SSSR count). The number of aryl methyl sites for hydroxylation is 1. The summed E-state index contributed by atoms with van der Waals surface area (Å²) >= 11 is 0. The second-order valence-electron chi connectivity index (χ2n) is 4.73. The molecule has 0 saturated heterocycles. The minimum absolute atomic E-state index is 0.305. The molecular weight excluding hydrogens is 260 g/mol. The molecule has 106 valence electrons. The molecule has 2 nitrogen and oxygen atoms in total. The number of hydrogen-bond acceptors (Lipinski definition) is 2. The standard InChI is InChI=1S/C16H17F2NO/c1-11-3-2-4-13(9-11)20-8-7-16(19)14-6-5-12(17)10-15(14)18/h2-6,9-10,16H,7-8,19H2,1H3. The van der Waals surface area contributed by atoms with Gasteiger partial charge in [0, 0.05) is 24.1 Å². The topological polar surface area (TPSA) is 35.2 Å². The van der Waals surface area contributed by atoms with Gasteiger partial charge >= 0.3 is 0 Å². The zero-order chi connectivity index (χ0) is 14.5. The molecule has 0 bridgehead atoms. The lowest BCUT2D eigenvalue weighted by atomic mass is 10.0. The van der Waals surface area contributed by atoms with Gasteiger partial charge in [0.05, 0.1) is 6.61 Å². The second-order valence-corrected chi connectivity index (χ2v) is 4.73. The largest absolute Gasteiger partial charge is 0.494 e. The minimum atomic E-state index is -0.618. The van der Waals surface area contributed by atoms with Crippen LogP contribution >= 0.6 is 0 Å². The van der Waals surface area contributed by atoms with Crippen LogP contribution in [0.15, 0.2) is 42.5 Å². The first-order valence-corrected chi connectivity index (χ1v) is 6.46. The summed E-state index contributed by atoms with van der Waals surface area (Å²) in [6.45, 7) is 2.36. The Morgan fingerprint density at radius 1 is 1.15 bits per heavy atom. The van der Waals surface area contributed by atoms with Crippen molar-refractivity contribution in [2.45, 2.75) is 19.4 Å². The van der Waals surface area contributed by atoms with Gasteiger partial charge < -0.3 is 10.5 Å². The lowest BCUT2D eigenvalue weighted by Gasteiger charge is -2.14. The predicted octanol–water partition coefficient (Wildman–Crippen LogP) is 3.74. The van der Waals surface area contributed by atoms with Crippen LogP contribution in [-0.4, -0.2) is 6.61 Å². The molecule has 1 unspecified atom stereocenters. The monoisotopic (exact) mass is 277 g/mol. The normalized spacial score (nSPS) is 12.2. The van der Waals surface area contributed by atoms with Gasteiger partial charge in [-0.3, -0.25) is 0 Å². The Morgan fingerprint density at radius 3 is 2.65 bits per heavy atom. The average molecular weight is 277 g/mol. The molecule has 4 heteroatoms. The van der Waals surface area contributed by atoms with Crippen LogP contribution in [0.3, 0.4) is 0 Å². The maximum Gasteiger partial charge on any atom is 0.130 e. The fraction of sp³-hybridized carbons (Fsp3) is 0.250. The second kappa shape index (κ2) is 6.48. The van der Waals surface area contributed by atoms with E-state index in [9.17, 15) is 8.78 Å². The summed E-state index contributed by atoms with van der Waals surface area (Å²) < 4.78 is 31.9. The summed E-state index contributed by atoms with van der Waals surface area (Å²) in [7, 11) is 0. The highest BCUT2D eigenvalue weighted by Crippen LogP contribution is 2.20. The fourth-order valence-electron chi connectivity index (χ4n) is 1.97. The first kappa shape index (κ1) is 14.5. The Kier molecular flexibility index (Phi) is 4.69. The first-order valence-electron chi connectivity index (χ1n) is 6.46. The molecule has 0 aromatic heterocycles. The molecule has 1 atom stereocenters. The number of nitrogens with two attached hydrogens (primary N) is 1. The third kappa shape index (κ3) is 3.78. The van der Waals surface area contributed by atoms with E-state index in [0.29, 0.717) is 18.6 Å². The van der Waals surface area contributed by atoms with Crippen LogP contribution in [-0.2, 0) is 0 Å². The molecule has 0 radical (unpaired) electrons. The quantitative estimate of drug-likeness (QED) is 0.903. The molecule has 2 N–H and O–H groups in total. The summed E-state index contributed by atoms with van der Waals surface area (Å²) in [6.07, 6.45) is 0.455. The molecule has 2 aromatic carbocycles. The SMILES string of the molecule is Cc1cccc(OCCC(N)c2ccc(F)cc2F)c1. The number of ether oxygens (including phenoxy) is 1. The Balaban J connectivity index is 1.90. The van der Waals surface area contributed by atoms with Gasteiger partial charge in [-0.1, -0.05) is 18.2 Å². The van der Waals surface area contributed by atoms with E-state index in [0.717, 1.165) is 17.4 Å². The number of halogens is 2. The van der Waals surface area contributed by atoms with Gasteiger partial charge in [0.25, 0.3) is 0 Å². The highest BCUT2D eigenvalue weighted by atomic mass is 19.1. The van der Waals surface area contributed by atoms with Crippen molar-refractivity contribution in [1.82, 2.24) is 0 Å². The molecule has 0 aliphatic rings. The Labute approximate surface area is 117 Å². The summed E-state index contributed by atoms with van der Waals surface area (Å²) in [5, 5.41) is 0. The molecule has 0 aliphatic carbocycles. The molecule has 0 fully saturated rings. The molecular formula is C16H17F2NO. The van der Waals surface area contributed by atoms with Crippen LogP contribution in [0, 0.1) is 18.6 Å². The van der Waals surface area contributed by atoms with Crippen LogP contribution in [0.25, 0.3) is 0 Å². The van der Waals surface area contributed by atoms with Crippen molar-refractivity contribution in [3.63, 3.8) is 0 Å². The van der Waals surface area contributed by atoms with Crippen molar-refractivity contribution in [2.24, 2.45) is 5.73 Å². The molecule has 0 saturated carbocycles. The van der Waals surface area contributed by atoms with Crippen LogP contribution in [0.1, 0.15) is 23.6 Å². The van der Waals surface area contributed by atoms with Crippen LogP contribution < -0.4 is 10.5 Å². The lowest BCUT2D eigenvalue weighted by molar-refractivity contribution is 0.297. The van der Waals surface area contributed by atoms with E-state index in [1.807, 2.05) is 31.2 Å². The van der Waals surface area contributed by atoms with Crippen molar-refractivity contribution in [3.8, 4) is 5.75 Å². The molecule has 0 heterocycles. The Morgan fingerprint density at radius 2 is 1.95 bits per heavy atom. The van der Waals surface area contributed by atoms with Crippen molar-refractivity contribution in [1.29, 1.82) is 0 Å². The summed E-state index contributed by atoms with van der Waals surface area (Å²) in [4.78, 5) is 0. The first-order chi connectivity index (χ1) is 9.56. The number of hydrogen-bond donors (Lipinski definition) is 1. The van der Waals surface area contributed by atoms with Gasteiger partial charge in [-0.15, -0.1) is 0 Å². The van der Waals surface area contributed by atoms with E-state index in [-0.39, 0.29) is 0 Å². The molecule has 0 aliphatic heterocycles. The maximum absolute atomic E-state index is 13.5. The van der Waals surface area contributed by atoms with E-state index in [1.165, 1.54) is 12.1 Å². The zero-order valence-corrected chi connectivity index (χ0v) is 11.3. The van der Waals surface area contributed by atoms with Gasteiger partial charge in [0.2, 0.25) is 0 Å². The van der Waals surface area contributed by atoms with Gasteiger partial charge in [0.15, 0.2) is 0 Å². The highest BCUT2D eigenvalue weighted by Gasteiger charge is 2.12. The van der Waals surface area contributed by atoms with Gasteiger partial charge in [0.1, 0.15) is 17.4 Å². The van der Waals surface area contributed by atoms with Crippen molar-refractivity contribution in [3.05, 3.63) is 65.2 Å². The van der Waals surface area contributed by atoms with Crippen molar-refractivity contribution in [2.75, 3.05) is 6.61 Å². The van der Waals surface area contributed by atoms with Crippen molar-refractivity contribution >= 4 is 0 Å². The van der Waals surface area contributed by atoms with Gasteiger partial charge in [-0.25, -0.2) is 8.78 Å². The Hall–Kier alpha value is -1.94. The fourth-order valence-corrected chi connectivity index (χ4v) is 1.97. The summed E-state index contributed by atoms with van der Waals surface area (Å²) in [5.41, 5.74) is 7.31. The van der Waals surface area contributed by atoms with E-state index in [1.54, 1.807) is 0 Å². The third-order valence-electron chi connectivity index (χ3n) is 3.05. The van der Waals surface area contributed by atoms with E-state index < -0.39 is 17.7 Å². The smallest absolute Gasteiger partial charge is 0.130 e. The molecule has 0 amide bonds. The molecule has 0 spiro atoms. The van der Waals surface area contributed by atoms with E-state index >= 15 is 0 Å². The number of benzene rings is 2. The number of rotatable bonds is 5. The minimum Gasteiger partial charge on any atom is -0.494 e. The van der Waals surface area contributed by atoms with Crippen LogP contribution in [0.4, 0.5) is 8.78 Å². The zero-order valence-electron chi connectivity index (χ0n) is 11.3. The Bertz CT molecular complexity index is 586. The van der Waals surface area contributed by atoms with E-state index in [4.69, 9.17) is 10.5 Å². The van der Waals surface area contributed by atoms with Crippen LogP contribution in [0.2, 0.25) is 0 Å². The van der Waals surface area contributed by atoms with Gasteiger partial charge in [-0.2, -0.15) is 0 Å². The predicted molar refractivity (Wildman–Crippen MR) is 74.6 cm³/mol. The highest BCUT2D eigenvalue weighted by molar-refractivity contribution is 5.27. The van der Waals surface area contributed by atoms with Crippen LogP contribution in [0.5, 0.6) is 5.75 Å². The molecule has 20 heavy (non-hydrogen) atoms. The van der Waals surface area contributed by atoms with E-state index in [2.05, 4.69) is 0 Å². The third-order valence-corrected chi connectivity index (χ3v) is 3.05. The van der Waals surface area contributed by atoms with Crippen molar-refractivity contribution < 1.29 is 13.5 Å². The molecule has 2 aromatic rings. The maximum atomic E-state index is 13.5. The lowest BCUT2D eigenvalue weighted by Crippen LogP contribution is -2.15. The summed E-state index contributed by atoms with van der Waals surface area (Å²) in [5.74, 6) is -0.459. The van der Waals surface area contributed by atoms with Gasteiger partial charge in [-0.05, 0) is 30.7 Å². The summed E-state index contributed by atoms with van der Waals surface area (Å²) in [6, 6.07) is 10.6. The average Bonchev–Trinajstić information content (AvgIpc) is 2.38.